The van der Waals surface area contributed by atoms with Crippen LogP contribution >= 0.6 is 0 Å². The van der Waals surface area contributed by atoms with Gasteiger partial charge < -0.3 is 28.8 Å². The molecule has 1 heterocycles. The van der Waals surface area contributed by atoms with Gasteiger partial charge in [0.25, 0.3) is 0 Å². The van der Waals surface area contributed by atoms with E-state index >= 15 is 0 Å². The van der Waals surface area contributed by atoms with E-state index < -0.39 is 28.9 Å². The van der Waals surface area contributed by atoms with Crippen LogP contribution in [0.1, 0.15) is 23.1 Å². The Morgan fingerprint density at radius 3 is 2.19 bits per heavy atom. The van der Waals surface area contributed by atoms with E-state index in [1.807, 2.05) is 60.7 Å². The van der Waals surface area contributed by atoms with Gasteiger partial charge in [0, 0.05) is 12.5 Å². The van der Waals surface area contributed by atoms with Crippen LogP contribution in [0.5, 0.6) is 23.0 Å². The number of ether oxygens (including phenoxy) is 5. The fraction of sp³-hybridized carbons (Fsp3) is 0.235. The van der Waals surface area contributed by atoms with Gasteiger partial charge in [0.1, 0.15) is 35.5 Å². The third-order valence-corrected chi connectivity index (χ3v) is 8.16. The quantitative estimate of drug-likeness (QED) is 0.230. The van der Waals surface area contributed by atoms with Crippen LogP contribution in [-0.4, -0.2) is 38.2 Å². The Hall–Kier alpha value is -4.82. The first-order valence-corrected chi connectivity index (χ1v) is 13.5. The third-order valence-electron chi connectivity index (χ3n) is 8.16. The van der Waals surface area contributed by atoms with Crippen LogP contribution in [0.4, 0.5) is 0 Å². The number of esters is 1. The summed E-state index contributed by atoms with van der Waals surface area (Å²) in [6.45, 7) is 0.264. The lowest BCUT2D eigenvalue weighted by molar-refractivity contribution is -0.155. The van der Waals surface area contributed by atoms with Crippen LogP contribution in [-0.2, 0) is 32.1 Å². The van der Waals surface area contributed by atoms with Crippen molar-refractivity contribution in [2.24, 2.45) is 5.92 Å². The largest absolute Gasteiger partial charge is 0.497 e. The molecule has 0 amide bonds. The fourth-order valence-corrected chi connectivity index (χ4v) is 6.12. The first-order chi connectivity index (χ1) is 20.4. The lowest BCUT2D eigenvalue weighted by Gasteiger charge is -2.34. The minimum absolute atomic E-state index is 0.142. The maximum absolute atomic E-state index is 14.1. The second kappa shape index (κ2) is 10.5. The molecule has 0 spiro atoms. The lowest BCUT2D eigenvalue weighted by atomic mass is 9.76. The Morgan fingerprint density at radius 2 is 1.57 bits per heavy atom. The minimum atomic E-state index is -2.28. The van der Waals surface area contributed by atoms with Gasteiger partial charge in [-0.3, -0.25) is 9.59 Å². The standard InChI is InChI=1S/C34H30O8/c1-38-24-16-14-23(15-17-24)33-19-25(32(36)40-3)31(35)34(33,37)29-27(39-2)18-26(41-20-21-10-6-4-7-11-21)28(30(29)42-33)22-12-8-5-9-13-22/h4-18,25,37H,19-20H2,1-3H3. The summed E-state index contributed by atoms with van der Waals surface area (Å²) in [5.41, 5.74) is -1.03. The van der Waals surface area contributed by atoms with Gasteiger partial charge in [0.05, 0.1) is 32.5 Å². The van der Waals surface area contributed by atoms with Crippen molar-refractivity contribution in [2.45, 2.75) is 24.2 Å². The Kier molecular flexibility index (Phi) is 6.86. The number of rotatable bonds is 8. The molecule has 8 nitrogen and oxygen atoms in total. The van der Waals surface area contributed by atoms with E-state index in [1.165, 1.54) is 14.2 Å². The van der Waals surface area contributed by atoms with Gasteiger partial charge >= 0.3 is 5.97 Å². The number of carbonyl (C=O) groups excluding carboxylic acids is 2. The smallest absolute Gasteiger partial charge is 0.316 e. The summed E-state index contributed by atoms with van der Waals surface area (Å²) in [6, 6.07) is 27.7. The highest BCUT2D eigenvalue weighted by Crippen LogP contribution is 2.66. The predicted molar refractivity (Wildman–Crippen MR) is 154 cm³/mol. The van der Waals surface area contributed by atoms with Gasteiger partial charge in [-0.2, -0.15) is 0 Å². The van der Waals surface area contributed by atoms with Gasteiger partial charge in [-0.15, -0.1) is 0 Å². The van der Waals surface area contributed by atoms with Crippen molar-refractivity contribution in [3.05, 3.63) is 108 Å². The molecule has 3 atom stereocenters. The summed E-state index contributed by atoms with van der Waals surface area (Å²) in [6.07, 6.45) is -0.145. The molecular formula is C34H30O8. The minimum Gasteiger partial charge on any atom is -0.497 e. The van der Waals surface area contributed by atoms with E-state index in [4.69, 9.17) is 23.7 Å². The SMILES string of the molecule is COC(=O)C1CC2(c3ccc(OC)cc3)Oc3c(-c4ccccc4)c(OCc4ccccc4)cc(OC)c3C2(O)C1=O. The molecule has 1 saturated carbocycles. The maximum atomic E-state index is 14.1. The molecule has 0 saturated heterocycles. The van der Waals surface area contributed by atoms with Gasteiger partial charge in [-0.25, -0.2) is 0 Å². The van der Waals surface area contributed by atoms with Crippen molar-refractivity contribution >= 4 is 11.8 Å². The van der Waals surface area contributed by atoms with Crippen LogP contribution in [0.2, 0.25) is 0 Å². The van der Waals surface area contributed by atoms with Gasteiger partial charge in [-0.1, -0.05) is 72.8 Å². The summed E-state index contributed by atoms with van der Waals surface area (Å²) in [5, 5.41) is 12.6. The number of aliphatic hydroxyl groups is 1. The first-order valence-electron chi connectivity index (χ1n) is 13.5. The average Bonchev–Trinajstić information content (AvgIpc) is 3.44. The first kappa shape index (κ1) is 27.4. The molecule has 6 rings (SSSR count). The Labute approximate surface area is 243 Å². The van der Waals surface area contributed by atoms with Crippen LogP contribution in [0.25, 0.3) is 11.1 Å². The molecule has 1 aliphatic carbocycles. The second-order valence-corrected chi connectivity index (χ2v) is 10.3. The second-order valence-electron chi connectivity index (χ2n) is 10.3. The fourth-order valence-electron chi connectivity index (χ4n) is 6.12. The highest BCUT2D eigenvalue weighted by Gasteiger charge is 2.74. The zero-order chi connectivity index (χ0) is 29.5. The molecule has 0 bridgehead atoms. The van der Waals surface area contributed by atoms with Crippen LogP contribution < -0.4 is 18.9 Å². The van der Waals surface area contributed by atoms with E-state index in [0.717, 1.165) is 11.1 Å². The van der Waals surface area contributed by atoms with Crippen LogP contribution in [0, 0.1) is 5.92 Å². The molecule has 1 fully saturated rings. The lowest BCUT2D eigenvalue weighted by Crippen LogP contribution is -2.48. The number of Topliss-reactive ketones (excluding diaryl/α,β-unsaturated/α-hetero) is 1. The van der Waals surface area contributed by atoms with Crippen molar-refractivity contribution in [3.63, 3.8) is 0 Å². The zero-order valence-corrected chi connectivity index (χ0v) is 23.5. The zero-order valence-electron chi connectivity index (χ0n) is 23.5. The molecule has 8 heteroatoms. The molecule has 0 aromatic heterocycles. The highest BCUT2D eigenvalue weighted by atomic mass is 16.5. The number of fused-ring (bicyclic) bond motifs is 3. The van der Waals surface area contributed by atoms with Crippen molar-refractivity contribution in [2.75, 3.05) is 21.3 Å². The van der Waals surface area contributed by atoms with Crippen LogP contribution in [0.15, 0.2) is 91.0 Å². The van der Waals surface area contributed by atoms with Crippen molar-refractivity contribution in [1.29, 1.82) is 0 Å². The summed E-state index contributed by atoms with van der Waals surface area (Å²) < 4.78 is 29.3. The number of hydrogen-bond acceptors (Lipinski definition) is 8. The summed E-state index contributed by atoms with van der Waals surface area (Å²) in [4.78, 5) is 27.0. The molecule has 214 valence electrons. The summed E-state index contributed by atoms with van der Waals surface area (Å²) >= 11 is 0. The van der Waals surface area contributed by atoms with E-state index in [9.17, 15) is 14.7 Å². The van der Waals surface area contributed by atoms with Gasteiger partial charge in [-0.05, 0) is 28.8 Å². The molecule has 42 heavy (non-hydrogen) atoms. The van der Waals surface area contributed by atoms with Gasteiger partial charge in [0.15, 0.2) is 17.0 Å². The van der Waals surface area contributed by atoms with Crippen LogP contribution in [0.3, 0.4) is 0 Å². The van der Waals surface area contributed by atoms with Crippen molar-refractivity contribution < 1.29 is 38.4 Å². The molecule has 3 unspecified atom stereocenters. The number of hydrogen-bond donors (Lipinski definition) is 1. The molecule has 2 aliphatic rings. The average molecular weight is 567 g/mol. The number of ketones is 1. The van der Waals surface area contributed by atoms with Crippen molar-refractivity contribution in [3.8, 4) is 34.1 Å². The van der Waals surface area contributed by atoms with Gasteiger partial charge in [0.2, 0.25) is 0 Å². The normalized spacial score (nSPS) is 22.1. The third kappa shape index (κ3) is 4.01. The highest BCUT2D eigenvalue weighted by molar-refractivity contribution is 6.09. The Bertz CT molecular complexity index is 1630. The van der Waals surface area contributed by atoms with E-state index in [2.05, 4.69) is 0 Å². The molecule has 4 aromatic rings. The molecule has 1 N–H and O–H groups in total. The summed E-state index contributed by atoms with van der Waals surface area (Å²) in [5.74, 6) is -1.24. The molecule has 0 radical (unpaired) electrons. The Balaban J connectivity index is 1.60. The number of carbonyl (C=O) groups is 2. The predicted octanol–water partition coefficient (Wildman–Crippen LogP) is 5.19. The number of methoxy groups -OCH3 is 3. The molecule has 4 aromatic carbocycles. The Morgan fingerprint density at radius 1 is 0.905 bits per heavy atom. The monoisotopic (exact) mass is 566 g/mol. The molecular weight excluding hydrogens is 536 g/mol. The van der Waals surface area contributed by atoms with E-state index in [1.54, 1.807) is 37.4 Å². The van der Waals surface area contributed by atoms with E-state index in [0.29, 0.717) is 22.6 Å². The maximum Gasteiger partial charge on any atom is 0.316 e. The topological polar surface area (TPSA) is 101 Å². The molecule has 1 aliphatic heterocycles. The number of benzene rings is 4. The summed E-state index contributed by atoms with van der Waals surface area (Å²) in [7, 11) is 4.21. The van der Waals surface area contributed by atoms with Crippen molar-refractivity contribution in [1.82, 2.24) is 0 Å². The van der Waals surface area contributed by atoms with E-state index in [-0.39, 0.29) is 30.1 Å².